The van der Waals surface area contributed by atoms with Gasteiger partial charge < -0.3 is 9.84 Å². The summed E-state index contributed by atoms with van der Waals surface area (Å²) in [5.41, 5.74) is 0.723. The van der Waals surface area contributed by atoms with Crippen LogP contribution in [-0.4, -0.2) is 40.5 Å². The molecule has 0 aliphatic heterocycles. The zero-order chi connectivity index (χ0) is 11.1. The predicted molar refractivity (Wildman–Crippen MR) is 57.0 cm³/mol. The van der Waals surface area contributed by atoms with Crippen molar-refractivity contribution in [1.82, 2.24) is 9.97 Å². The van der Waals surface area contributed by atoms with E-state index in [1.165, 1.54) is 12.5 Å². The van der Waals surface area contributed by atoms with Gasteiger partial charge in [0.15, 0.2) is 0 Å². The monoisotopic (exact) mass is 228 g/mol. The number of thioether (sulfide) groups is 1. The summed E-state index contributed by atoms with van der Waals surface area (Å²) in [6.45, 7) is 0.651. The topological polar surface area (TPSA) is 72.3 Å². The Bertz CT molecular complexity index is 333. The molecule has 0 aliphatic carbocycles. The van der Waals surface area contributed by atoms with Gasteiger partial charge in [0.05, 0.1) is 12.3 Å². The molecule has 1 heterocycles. The molecule has 15 heavy (non-hydrogen) atoms. The molecule has 0 bridgehead atoms. The van der Waals surface area contributed by atoms with Crippen molar-refractivity contribution in [3.05, 3.63) is 23.8 Å². The molecule has 0 unspecified atom stereocenters. The number of aromatic nitrogens is 2. The van der Waals surface area contributed by atoms with Crippen molar-refractivity contribution < 1.29 is 14.6 Å². The molecule has 0 saturated heterocycles. The smallest absolute Gasteiger partial charge is 0.339 e. The van der Waals surface area contributed by atoms with Crippen LogP contribution in [0.3, 0.4) is 0 Å². The third-order valence-electron chi connectivity index (χ3n) is 1.70. The van der Waals surface area contributed by atoms with Crippen molar-refractivity contribution in [2.45, 2.75) is 5.75 Å². The van der Waals surface area contributed by atoms with Gasteiger partial charge in [-0.05, 0) is 0 Å². The lowest BCUT2D eigenvalue weighted by Crippen LogP contribution is -2.05. The number of aromatic carboxylic acids is 1. The van der Waals surface area contributed by atoms with Crippen molar-refractivity contribution in [3.63, 3.8) is 0 Å². The molecule has 1 N–H and O–H groups in total. The molecule has 1 aromatic heterocycles. The predicted octanol–water partition coefficient (Wildman–Crippen LogP) is 1.05. The van der Waals surface area contributed by atoms with E-state index in [4.69, 9.17) is 9.84 Å². The molecule has 0 amide bonds. The third-order valence-corrected chi connectivity index (χ3v) is 2.63. The summed E-state index contributed by atoms with van der Waals surface area (Å²) in [5.74, 6) is 0.394. The van der Waals surface area contributed by atoms with Gasteiger partial charge in [0, 0.05) is 24.8 Å². The zero-order valence-electron chi connectivity index (χ0n) is 8.34. The van der Waals surface area contributed by atoms with Gasteiger partial charge in [-0.1, -0.05) is 0 Å². The number of rotatable bonds is 6. The fourth-order valence-electron chi connectivity index (χ4n) is 0.960. The van der Waals surface area contributed by atoms with Gasteiger partial charge in [0.25, 0.3) is 0 Å². The first-order valence-electron chi connectivity index (χ1n) is 4.34. The molecule has 0 spiro atoms. The summed E-state index contributed by atoms with van der Waals surface area (Å²) >= 11 is 1.58. The van der Waals surface area contributed by atoms with Crippen LogP contribution in [0.5, 0.6) is 0 Å². The maximum atomic E-state index is 10.8. The number of nitrogens with zero attached hydrogens (tertiary/aromatic N) is 2. The molecule has 1 rings (SSSR count). The summed E-state index contributed by atoms with van der Waals surface area (Å²) in [5, 5.41) is 8.85. The molecule has 6 heteroatoms. The van der Waals surface area contributed by atoms with E-state index in [-0.39, 0.29) is 5.56 Å². The number of ether oxygens (including phenoxy) is 1. The Labute approximate surface area is 91.9 Å². The molecule has 82 valence electrons. The summed E-state index contributed by atoms with van der Waals surface area (Å²) < 4.78 is 4.89. The van der Waals surface area contributed by atoms with Crippen LogP contribution in [0, 0.1) is 0 Å². The average Bonchev–Trinajstić information content (AvgIpc) is 2.25. The lowest BCUT2D eigenvalue weighted by Gasteiger charge is -2.03. The van der Waals surface area contributed by atoms with E-state index >= 15 is 0 Å². The number of carboxylic acid groups (broad SMARTS) is 1. The van der Waals surface area contributed by atoms with Crippen molar-refractivity contribution in [2.24, 2.45) is 0 Å². The van der Waals surface area contributed by atoms with Crippen molar-refractivity contribution >= 4 is 17.7 Å². The summed E-state index contributed by atoms with van der Waals surface area (Å²) in [6.07, 6.45) is 2.68. The van der Waals surface area contributed by atoms with Gasteiger partial charge >= 0.3 is 5.97 Å². The first-order valence-corrected chi connectivity index (χ1v) is 5.50. The van der Waals surface area contributed by atoms with E-state index in [1.54, 1.807) is 18.9 Å². The second kappa shape index (κ2) is 6.36. The molecule has 0 atom stereocenters. The molecular weight excluding hydrogens is 216 g/mol. The van der Waals surface area contributed by atoms with Crippen LogP contribution in [0.1, 0.15) is 16.1 Å². The highest BCUT2D eigenvalue weighted by Crippen LogP contribution is 2.13. The van der Waals surface area contributed by atoms with Crippen LogP contribution < -0.4 is 0 Å². The van der Waals surface area contributed by atoms with Gasteiger partial charge in [0.1, 0.15) is 11.9 Å². The van der Waals surface area contributed by atoms with E-state index in [9.17, 15) is 4.79 Å². The second-order valence-electron chi connectivity index (χ2n) is 2.73. The van der Waals surface area contributed by atoms with Crippen LogP contribution in [0.15, 0.2) is 12.5 Å². The zero-order valence-corrected chi connectivity index (χ0v) is 9.16. The minimum atomic E-state index is -0.988. The molecule has 1 aromatic rings. The number of carbonyl (C=O) groups is 1. The quantitative estimate of drug-likeness (QED) is 0.734. The molecule has 5 nitrogen and oxygen atoms in total. The van der Waals surface area contributed by atoms with E-state index in [2.05, 4.69) is 9.97 Å². The number of hydrogen-bond acceptors (Lipinski definition) is 5. The first kappa shape index (κ1) is 11.9. The van der Waals surface area contributed by atoms with Crippen molar-refractivity contribution in [1.29, 1.82) is 0 Å². The lowest BCUT2D eigenvalue weighted by atomic mass is 10.2. The van der Waals surface area contributed by atoms with Crippen LogP contribution >= 0.6 is 11.8 Å². The first-order chi connectivity index (χ1) is 7.25. The normalized spacial score (nSPS) is 10.2. The second-order valence-corrected chi connectivity index (χ2v) is 3.84. The van der Waals surface area contributed by atoms with Crippen molar-refractivity contribution in [2.75, 3.05) is 19.5 Å². The van der Waals surface area contributed by atoms with Gasteiger partial charge in [-0.2, -0.15) is 11.8 Å². The highest BCUT2D eigenvalue weighted by atomic mass is 32.2. The van der Waals surface area contributed by atoms with Crippen LogP contribution in [0.2, 0.25) is 0 Å². The standard InChI is InChI=1S/C9H12N2O3S/c1-14-2-3-15-5-8-7(9(12)13)4-10-6-11-8/h4,6H,2-3,5H2,1H3,(H,12,13). The third kappa shape index (κ3) is 3.85. The maximum absolute atomic E-state index is 10.8. The summed E-state index contributed by atoms with van der Waals surface area (Å²) in [7, 11) is 1.63. The maximum Gasteiger partial charge on any atom is 0.339 e. The SMILES string of the molecule is COCCSCc1ncncc1C(=O)O. The summed E-state index contributed by atoms with van der Waals surface area (Å²) in [6, 6.07) is 0. The molecule has 0 fully saturated rings. The minimum Gasteiger partial charge on any atom is -0.478 e. The Morgan fingerprint density at radius 2 is 2.47 bits per heavy atom. The molecule has 0 aliphatic rings. The van der Waals surface area contributed by atoms with Crippen LogP contribution in [-0.2, 0) is 10.5 Å². The highest BCUT2D eigenvalue weighted by Gasteiger charge is 2.10. The molecular formula is C9H12N2O3S. The van der Waals surface area contributed by atoms with E-state index in [0.29, 0.717) is 18.1 Å². The molecule has 0 aromatic carbocycles. The van der Waals surface area contributed by atoms with E-state index in [1.807, 2.05) is 0 Å². The van der Waals surface area contributed by atoms with Gasteiger partial charge in [0.2, 0.25) is 0 Å². The lowest BCUT2D eigenvalue weighted by molar-refractivity contribution is 0.0695. The van der Waals surface area contributed by atoms with Crippen LogP contribution in [0.4, 0.5) is 0 Å². The van der Waals surface area contributed by atoms with E-state index < -0.39 is 5.97 Å². The number of carboxylic acids is 1. The van der Waals surface area contributed by atoms with Gasteiger partial charge in [-0.3, -0.25) is 0 Å². The Balaban J connectivity index is 2.56. The Morgan fingerprint density at radius 1 is 1.67 bits per heavy atom. The van der Waals surface area contributed by atoms with Crippen molar-refractivity contribution in [3.8, 4) is 0 Å². The number of hydrogen-bond donors (Lipinski definition) is 1. The minimum absolute atomic E-state index is 0.169. The largest absolute Gasteiger partial charge is 0.478 e. The summed E-state index contributed by atoms with van der Waals surface area (Å²) in [4.78, 5) is 18.4. The van der Waals surface area contributed by atoms with Gasteiger partial charge in [-0.15, -0.1) is 0 Å². The fourth-order valence-corrected chi connectivity index (χ4v) is 1.81. The molecule has 0 radical (unpaired) electrons. The van der Waals surface area contributed by atoms with Gasteiger partial charge in [-0.25, -0.2) is 14.8 Å². The average molecular weight is 228 g/mol. The molecule has 0 saturated carbocycles. The number of methoxy groups -OCH3 is 1. The Kier molecular flexibility index (Phi) is 5.06. The fraction of sp³-hybridized carbons (Fsp3) is 0.444. The Hall–Kier alpha value is -1.14. The Morgan fingerprint density at radius 3 is 3.13 bits per heavy atom. The van der Waals surface area contributed by atoms with Crippen LogP contribution in [0.25, 0.3) is 0 Å². The highest BCUT2D eigenvalue weighted by molar-refractivity contribution is 7.98. The van der Waals surface area contributed by atoms with E-state index in [0.717, 1.165) is 5.75 Å².